The van der Waals surface area contributed by atoms with Gasteiger partial charge in [0.05, 0.1) is 5.60 Å². The van der Waals surface area contributed by atoms with Crippen molar-refractivity contribution in [3.63, 3.8) is 0 Å². The van der Waals surface area contributed by atoms with Crippen LogP contribution in [-0.2, 0) is 6.54 Å². The highest BCUT2D eigenvalue weighted by Gasteiger charge is 2.28. The fourth-order valence-electron chi connectivity index (χ4n) is 3.15. The Balaban J connectivity index is 1.67. The number of rotatable bonds is 3. The van der Waals surface area contributed by atoms with E-state index in [-0.39, 0.29) is 0 Å². The molecule has 110 valence electrons. The van der Waals surface area contributed by atoms with Crippen molar-refractivity contribution in [1.29, 1.82) is 0 Å². The summed E-state index contributed by atoms with van der Waals surface area (Å²) in [4.78, 5) is 2.35. The molecule has 1 unspecified atom stereocenters. The second-order valence-electron chi connectivity index (χ2n) is 6.37. The molecule has 0 bridgehead atoms. The normalized spacial score (nSPS) is 23.1. The van der Waals surface area contributed by atoms with Gasteiger partial charge in [-0.2, -0.15) is 0 Å². The Hall–Kier alpha value is -1.64. The molecule has 0 amide bonds. The maximum absolute atomic E-state index is 10.2. The van der Waals surface area contributed by atoms with Crippen molar-refractivity contribution in [3.8, 4) is 11.1 Å². The van der Waals surface area contributed by atoms with Crippen LogP contribution in [0.2, 0.25) is 0 Å². The molecule has 2 nitrogen and oxygen atoms in total. The third-order valence-electron chi connectivity index (χ3n) is 4.22. The fraction of sp³-hybridized carbons (Fsp3) is 0.368. The molecule has 0 aliphatic carbocycles. The van der Waals surface area contributed by atoms with Crippen LogP contribution < -0.4 is 0 Å². The molecule has 0 aromatic heterocycles. The van der Waals surface area contributed by atoms with Crippen molar-refractivity contribution < 1.29 is 5.11 Å². The summed E-state index contributed by atoms with van der Waals surface area (Å²) in [5.41, 5.74) is 3.30. The molecule has 21 heavy (non-hydrogen) atoms. The first-order valence-corrected chi connectivity index (χ1v) is 7.72. The predicted molar refractivity (Wildman–Crippen MR) is 87.0 cm³/mol. The molecule has 1 aliphatic heterocycles. The smallest absolute Gasteiger partial charge is 0.0746 e. The van der Waals surface area contributed by atoms with Gasteiger partial charge in [-0.05, 0) is 43.0 Å². The summed E-state index contributed by atoms with van der Waals surface area (Å²) in [5, 5.41) is 10.2. The van der Waals surface area contributed by atoms with Gasteiger partial charge in [0.15, 0.2) is 0 Å². The monoisotopic (exact) mass is 281 g/mol. The first-order chi connectivity index (χ1) is 10.1. The van der Waals surface area contributed by atoms with E-state index < -0.39 is 5.60 Å². The molecule has 1 N–H and O–H groups in total. The number of aliphatic hydroxyl groups is 1. The number of nitrogens with zero attached hydrogens (tertiary/aromatic N) is 1. The van der Waals surface area contributed by atoms with E-state index in [2.05, 4.69) is 53.4 Å². The Labute approximate surface area is 127 Å². The Morgan fingerprint density at radius 3 is 2.33 bits per heavy atom. The molecule has 0 radical (unpaired) electrons. The van der Waals surface area contributed by atoms with Gasteiger partial charge in [-0.1, -0.05) is 54.6 Å². The summed E-state index contributed by atoms with van der Waals surface area (Å²) in [7, 11) is 0. The summed E-state index contributed by atoms with van der Waals surface area (Å²) < 4.78 is 0. The van der Waals surface area contributed by atoms with E-state index in [1.165, 1.54) is 16.7 Å². The summed E-state index contributed by atoms with van der Waals surface area (Å²) in [6, 6.07) is 19.2. The summed E-state index contributed by atoms with van der Waals surface area (Å²) in [5.74, 6) is 0. The second kappa shape index (κ2) is 6.00. The van der Waals surface area contributed by atoms with E-state index in [9.17, 15) is 5.11 Å². The average Bonchev–Trinajstić information content (AvgIpc) is 2.48. The topological polar surface area (TPSA) is 23.5 Å². The lowest BCUT2D eigenvalue weighted by Gasteiger charge is -2.36. The first kappa shape index (κ1) is 14.3. The summed E-state index contributed by atoms with van der Waals surface area (Å²) in [6.45, 7) is 4.72. The van der Waals surface area contributed by atoms with Gasteiger partial charge in [-0.15, -0.1) is 0 Å². The molecule has 2 aromatic carbocycles. The highest BCUT2D eigenvalue weighted by atomic mass is 16.3. The zero-order valence-corrected chi connectivity index (χ0v) is 12.6. The first-order valence-electron chi connectivity index (χ1n) is 7.72. The molecule has 0 spiro atoms. The van der Waals surface area contributed by atoms with E-state index in [0.717, 1.165) is 32.5 Å². The minimum Gasteiger partial charge on any atom is -0.389 e. The van der Waals surface area contributed by atoms with Crippen LogP contribution in [0.25, 0.3) is 11.1 Å². The van der Waals surface area contributed by atoms with E-state index in [1.54, 1.807) is 0 Å². The average molecular weight is 281 g/mol. The van der Waals surface area contributed by atoms with E-state index in [4.69, 9.17) is 0 Å². The Kier molecular flexibility index (Phi) is 4.09. The predicted octanol–water partition coefficient (Wildman–Crippen LogP) is 3.70. The maximum Gasteiger partial charge on any atom is 0.0746 e. The van der Waals surface area contributed by atoms with Crippen LogP contribution in [-0.4, -0.2) is 28.7 Å². The third kappa shape index (κ3) is 3.72. The van der Waals surface area contributed by atoms with Crippen LogP contribution in [0.3, 0.4) is 0 Å². The maximum atomic E-state index is 10.2. The number of piperidine rings is 1. The van der Waals surface area contributed by atoms with E-state index >= 15 is 0 Å². The van der Waals surface area contributed by atoms with Gasteiger partial charge in [0.1, 0.15) is 0 Å². The van der Waals surface area contributed by atoms with Gasteiger partial charge in [0.2, 0.25) is 0 Å². The molecular weight excluding hydrogens is 258 g/mol. The quantitative estimate of drug-likeness (QED) is 0.927. The Morgan fingerprint density at radius 2 is 1.67 bits per heavy atom. The number of hydrogen-bond acceptors (Lipinski definition) is 2. The molecule has 1 fully saturated rings. The minimum atomic E-state index is -0.526. The van der Waals surface area contributed by atoms with Crippen LogP contribution >= 0.6 is 0 Å². The van der Waals surface area contributed by atoms with Crippen molar-refractivity contribution >= 4 is 0 Å². The van der Waals surface area contributed by atoms with E-state index in [0.29, 0.717) is 0 Å². The van der Waals surface area contributed by atoms with Gasteiger partial charge < -0.3 is 5.11 Å². The third-order valence-corrected chi connectivity index (χ3v) is 4.22. The zero-order chi connectivity index (χ0) is 14.7. The van der Waals surface area contributed by atoms with Crippen molar-refractivity contribution in [3.05, 3.63) is 60.2 Å². The number of β-amino-alcohol motifs (C(OH)–C–C–N with tert-alkyl or cyclic N) is 1. The van der Waals surface area contributed by atoms with E-state index in [1.807, 2.05) is 13.0 Å². The number of likely N-dealkylation sites (tertiary alicyclic amines) is 1. The molecule has 2 aromatic rings. The van der Waals surface area contributed by atoms with Gasteiger partial charge in [-0.25, -0.2) is 0 Å². The minimum absolute atomic E-state index is 0.526. The highest BCUT2D eigenvalue weighted by molar-refractivity contribution is 5.63. The van der Waals surface area contributed by atoms with Crippen LogP contribution in [0.5, 0.6) is 0 Å². The lowest BCUT2D eigenvalue weighted by Crippen LogP contribution is -2.45. The molecule has 3 rings (SSSR count). The molecule has 1 saturated heterocycles. The van der Waals surface area contributed by atoms with Crippen LogP contribution in [0, 0.1) is 0 Å². The van der Waals surface area contributed by atoms with Crippen LogP contribution in [0.4, 0.5) is 0 Å². The molecule has 1 atom stereocenters. The van der Waals surface area contributed by atoms with Gasteiger partial charge in [0.25, 0.3) is 0 Å². The molecule has 0 saturated carbocycles. The molecule has 2 heteroatoms. The van der Waals surface area contributed by atoms with Crippen molar-refractivity contribution in [2.45, 2.75) is 31.9 Å². The zero-order valence-electron chi connectivity index (χ0n) is 12.6. The fourth-order valence-corrected chi connectivity index (χ4v) is 3.15. The number of benzene rings is 2. The van der Waals surface area contributed by atoms with Crippen molar-refractivity contribution in [2.24, 2.45) is 0 Å². The lowest BCUT2D eigenvalue weighted by atomic mass is 9.94. The number of hydrogen-bond donors (Lipinski definition) is 1. The highest BCUT2D eigenvalue weighted by Crippen LogP contribution is 2.23. The molecular formula is C19H23NO. The van der Waals surface area contributed by atoms with Gasteiger partial charge >= 0.3 is 0 Å². The van der Waals surface area contributed by atoms with Crippen LogP contribution in [0.15, 0.2) is 54.6 Å². The van der Waals surface area contributed by atoms with Gasteiger partial charge in [-0.3, -0.25) is 4.90 Å². The largest absolute Gasteiger partial charge is 0.389 e. The molecule has 1 heterocycles. The Morgan fingerprint density at radius 1 is 1.00 bits per heavy atom. The van der Waals surface area contributed by atoms with Gasteiger partial charge in [0, 0.05) is 13.1 Å². The molecule has 1 aliphatic rings. The Bertz CT molecular complexity index is 574. The standard InChI is InChI=1S/C19H23NO/c1-19(21)12-5-13-20(15-19)14-16-8-10-18(11-9-16)17-6-3-2-4-7-17/h2-4,6-11,21H,5,12-15H2,1H3. The van der Waals surface area contributed by atoms with Crippen LogP contribution in [0.1, 0.15) is 25.3 Å². The summed E-state index contributed by atoms with van der Waals surface area (Å²) in [6.07, 6.45) is 1.99. The summed E-state index contributed by atoms with van der Waals surface area (Å²) >= 11 is 0. The van der Waals surface area contributed by atoms with Crippen molar-refractivity contribution in [1.82, 2.24) is 4.90 Å². The SMILES string of the molecule is CC1(O)CCCN(Cc2ccc(-c3ccccc3)cc2)C1. The lowest BCUT2D eigenvalue weighted by molar-refractivity contribution is -0.0181. The second-order valence-corrected chi connectivity index (χ2v) is 6.37. The van der Waals surface area contributed by atoms with Crippen molar-refractivity contribution in [2.75, 3.05) is 13.1 Å².